The SMILES string of the molecule is OCCN1CCN(c2cccc3[nH]nnc23)CC1. The van der Waals surface area contributed by atoms with E-state index in [9.17, 15) is 0 Å². The third-order valence-electron chi connectivity index (χ3n) is 3.46. The molecule has 1 aliphatic rings. The van der Waals surface area contributed by atoms with E-state index < -0.39 is 0 Å². The maximum absolute atomic E-state index is 8.94. The molecule has 6 heteroatoms. The molecule has 0 aliphatic carbocycles. The Hall–Kier alpha value is -1.66. The second-order valence-corrected chi connectivity index (χ2v) is 4.54. The summed E-state index contributed by atoms with van der Waals surface area (Å²) in [5.74, 6) is 0. The molecule has 1 aromatic carbocycles. The van der Waals surface area contributed by atoms with Crippen molar-refractivity contribution in [2.75, 3.05) is 44.2 Å². The Morgan fingerprint density at radius 2 is 2.06 bits per heavy atom. The van der Waals surface area contributed by atoms with Crippen LogP contribution in [0.5, 0.6) is 0 Å². The molecule has 2 N–H and O–H groups in total. The topological polar surface area (TPSA) is 68.3 Å². The van der Waals surface area contributed by atoms with Crippen molar-refractivity contribution in [1.29, 1.82) is 0 Å². The third kappa shape index (κ3) is 2.04. The fourth-order valence-corrected chi connectivity index (χ4v) is 2.46. The summed E-state index contributed by atoms with van der Waals surface area (Å²) in [4.78, 5) is 4.61. The second-order valence-electron chi connectivity index (χ2n) is 4.54. The molecule has 0 radical (unpaired) electrons. The molecule has 0 atom stereocenters. The number of aromatic nitrogens is 3. The van der Waals surface area contributed by atoms with Gasteiger partial charge in [0.15, 0.2) is 0 Å². The molecule has 0 unspecified atom stereocenters. The summed E-state index contributed by atoms with van der Waals surface area (Å²) in [5, 5.41) is 19.8. The van der Waals surface area contributed by atoms with Crippen LogP contribution in [0, 0.1) is 0 Å². The Balaban J connectivity index is 1.78. The first kappa shape index (κ1) is 11.4. The van der Waals surface area contributed by atoms with Gasteiger partial charge < -0.3 is 10.0 Å². The number of aromatic amines is 1. The number of hydrogen-bond acceptors (Lipinski definition) is 5. The molecule has 96 valence electrons. The maximum atomic E-state index is 8.94. The van der Waals surface area contributed by atoms with Gasteiger partial charge in [0.1, 0.15) is 5.52 Å². The number of rotatable bonds is 3. The van der Waals surface area contributed by atoms with E-state index in [0.717, 1.165) is 49.4 Å². The predicted octanol–water partition coefficient (Wildman–Crippen LogP) is 0.0722. The van der Waals surface area contributed by atoms with E-state index in [4.69, 9.17) is 5.11 Å². The van der Waals surface area contributed by atoms with E-state index in [0.29, 0.717) is 0 Å². The lowest BCUT2D eigenvalue weighted by atomic mass is 10.2. The smallest absolute Gasteiger partial charge is 0.136 e. The highest BCUT2D eigenvalue weighted by Crippen LogP contribution is 2.24. The molecule has 2 heterocycles. The number of aliphatic hydroxyl groups is 1. The Bertz CT molecular complexity index is 518. The number of H-pyrrole nitrogens is 1. The van der Waals surface area contributed by atoms with E-state index in [1.807, 2.05) is 12.1 Å². The van der Waals surface area contributed by atoms with Crippen molar-refractivity contribution >= 4 is 16.7 Å². The Labute approximate surface area is 105 Å². The zero-order chi connectivity index (χ0) is 12.4. The molecule has 3 rings (SSSR count). The summed E-state index contributed by atoms with van der Waals surface area (Å²) in [6, 6.07) is 6.10. The van der Waals surface area contributed by atoms with Crippen LogP contribution in [-0.2, 0) is 0 Å². The van der Waals surface area contributed by atoms with Crippen LogP contribution in [0.15, 0.2) is 18.2 Å². The van der Waals surface area contributed by atoms with Gasteiger partial charge in [-0.25, -0.2) is 0 Å². The zero-order valence-corrected chi connectivity index (χ0v) is 10.2. The molecule has 1 saturated heterocycles. The van der Waals surface area contributed by atoms with Gasteiger partial charge in [-0.05, 0) is 12.1 Å². The first-order chi connectivity index (χ1) is 8.88. The van der Waals surface area contributed by atoms with E-state index >= 15 is 0 Å². The van der Waals surface area contributed by atoms with Crippen molar-refractivity contribution in [2.24, 2.45) is 0 Å². The molecule has 18 heavy (non-hydrogen) atoms. The molecule has 1 fully saturated rings. The van der Waals surface area contributed by atoms with Gasteiger partial charge >= 0.3 is 0 Å². The minimum Gasteiger partial charge on any atom is -0.395 e. The van der Waals surface area contributed by atoms with Gasteiger partial charge in [0, 0.05) is 32.7 Å². The normalized spacial score (nSPS) is 17.5. The number of aliphatic hydroxyl groups excluding tert-OH is 1. The van der Waals surface area contributed by atoms with Gasteiger partial charge in [-0.3, -0.25) is 10.00 Å². The van der Waals surface area contributed by atoms with Gasteiger partial charge in [-0.2, -0.15) is 0 Å². The van der Waals surface area contributed by atoms with Crippen molar-refractivity contribution in [2.45, 2.75) is 0 Å². The number of nitrogens with one attached hydrogen (secondary N) is 1. The van der Waals surface area contributed by atoms with Gasteiger partial charge in [0.05, 0.1) is 17.8 Å². The predicted molar refractivity (Wildman–Crippen MR) is 69.6 cm³/mol. The van der Waals surface area contributed by atoms with Crippen LogP contribution in [0.2, 0.25) is 0 Å². The maximum Gasteiger partial charge on any atom is 0.136 e. The summed E-state index contributed by atoms with van der Waals surface area (Å²) in [5.41, 5.74) is 3.06. The monoisotopic (exact) mass is 247 g/mol. The van der Waals surface area contributed by atoms with Crippen molar-refractivity contribution in [1.82, 2.24) is 20.3 Å². The average molecular weight is 247 g/mol. The fraction of sp³-hybridized carbons (Fsp3) is 0.500. The molecule has 1 aliphatic heterocycles. The van der Waals surface area contributed by atoms with Gasteiger partial charge in [-0.1, -0.05) is 11.3 Å². The number of benzene rings is 1. The summed E-state index contributed by atoms with van der Waals surface area (Å²) in [7, 11) is 0. The second kappa shape index (κ2) is 4.91. The minimum atomic E-state index is 0.235. The highest BCUT2D eigenvalue weighted by molar-refractivity contribution is 5.87. The van der Waals surface area contributed by atoms with Crippen LogP contribution in [0.3, 0.4) is 0 Å². The average Bonchev–Trinajstić information content (AvgIpc) is 2.88. The van der Waals surface area contributed by atoms with Crippen LogP contribution >= 0.6 is 0 Å². The molecule has 0 saturated carbocycles. The number of β-amino-alcohol motifs (C(OH)–C–C–N with tert-alkyl or cyclic N) is 1. The largest absolute Gasteiger partial charge is 0.395 e. The number of nitrogens with zero attached hydrogens (tertiary/aromatic N) is 4. The van der Waals surface area contributed by atoms with Crippen LogP contribution in [0.4, 0.5) is 5.69 Å². The Morgan fingerprint density at radius 1 is 1.22 bits per heavy atom. The summed E-state index contributed by atoms with van der Waals surface area (Å²) < 4.78 is 0. The fourth-order valence-electron chi connectivity index (χ4n) is 2.46. The number of hydrogen-bond donors (Lipinski definition) is 2. The van der Waals surface area contributed by atoms with Gasteiger partial charge in [0.2, 0.25) is 0 Å². The highest BCUT2D eigenvalue weighted by atomic mass is 16.3. The minimum absolute atomic E-state index is 0.235. The van der Waals surface area contributed by atoms with Crippen LogP contribution in [0.25, 0.3) is 11.0 Å². The Kier molecular flexibility index (Phi) is 3.12. The lowest BCUT2D eigenvalue weighted by molar-refractivity contribution is 0.189. The van der Waals surface area contributed by atoms with Crippen LogP contribution in [0.1, 0.15) is 0 Å². The summed E-state index contributed by atoms with van der Waals surface area (Å²) >= 11 is 0. The standard InChI is InChI=1S/C12H17N5O/c18-9-8-16-4-6-17(7-5-16)11-3-1-2-10-12(11)14-15-13-10/h1-3,18H,4-9H2,(H,13,14,15). The molecule has 2 aromatic rings. The number of piperazine rings is 1. The van der Waals surface area contributed by atoms with Crippen LogP contribution in [-0.4, -0.2) is 64.7 Å². The number of anilines is 1. The molecular formula is C12H17N5O. The molecule has 6 nitrogen and oxygen atoms in total. The lowest BCUT2D eigenvalue weighted by Gasteiger charge is -2.35. The van der Waals surface area contributed by atoms with Crippen molar-refractivity contribution < 1.29 is 5.11 Å². The molecule has 1 aromatic heterocycles. The molecule has 0 bridgehead atoms. The first-order valence-corrected chi connectivity index (χ1v) is 6.26. The highest BCUT2D eigenvalue weighted by Gasteiger charge is 2.18. The number of fused-ring (bicyclic) bond motifs is 1. The lowest BCUT2D eigenvalue weighted by Crippen LogP contribution is -2.47. The van der Waals surface area contributed by atoms with Crippen molar-refractivity contribution in [3.8, 4) is 0 Å². The molecule has 0 amide bonds. The van der Waals surface area contributed by atoms with E-state index in [2.05, 4.69) is 31.3 Å². The molecular weight excluding hydrogens is 230 g/mol. The van der Waals surface area contributed by atoms with Crippen molar-refractivity contribution in [3.05, 3.63) is 18.2 Å². The third-order valence-corrected chi connectivity index (χ3v) is 3.46. The van der Waals surface area contributed by atoms with Gasteiger partial charge in [-0.15, -0.1) is 5.10 Å². The van der Waals surface area contributed by atoms with E-state index in [1.165, 1.54) is 0 Å². The van der Waals surface area contributed by atoms with Crippen molar-refractivity contribution in [3.63, 3.8) is 0 Å². The summed E-state index contributed by atoms with van der Waals surface area (Å²) in [6.45, 7) is 4.89. The quantitative estimate of drug-likeness (QED) is 0.803. The van der Waals surface area contributed by atoms with E-state index in [1.54, 1.807) is 0 Å². The summed E-state index contributed by atoms with van der Waals surface area (Å²) in [6.07, 6.45) is 0. The molecule has 0 spiro atoms. The Morgan fingerprint density at radius 3 is 2.83 bits per heavy atom. The van der Waals surface area contributed by atoms with Gasteiger partial charge in [0.25, 0.3) is 0 Å². The first-order valence-electron chi connectivity index (χ1n) is 6.26. The zero-order valence-electron chi connectivity index (χ0n) is 10.2. The van der Waals surface area contributed by atoms with Crippen LogP contribution < -0.4 is 4.90 Å². The van der Waals surface area contributed by atoms with E-state index in [-0.39, 0.29) is 6.61 Å².